The predicted molar refractivity (Wildman–Crippen MR) is 158 cm³/mol. The van der Waals surface area contributed by atoms with Crippen LogP contribution in [-0.4, -0.2) is 22.2 Å². The number of rotatable bonds is 17. The van der Waals surface area contributed by atoms with Crippen molar-refractivity contribution in [1.82, 2.24) is 0 Å². The van der Waals surface area contributed by atoms with E-state index in [2.05, 4.69) is 32.9 Å². The molecule has 0 amide bonds. The Morgan fingerprint density at radius 2 is 1.31 bits per heavy atom. The molecule has 2 aromatic rings. The van der Waals surface area contributed by atoms with Crippen molar-refractivity contribution in [3.63, 3.8) is 0 Å². The summed E-state index contributed by atoms with van der Waals surface area (Å²) in [4.78, 5) is 24.3. The first-order valence-corrected chi connectivity index (χ1v) is 13.9. The fraction of sp³-hybridized carbons (Fsp3) is 0.412. The van der Waals surface area contributed by atoms with Crippen molar-refractivity contribution < 1.29 is 24.5 Å². The molecule has 2 rings (SSSR count). The number of hydrogen-bond acceptors (Lipinski definition) is 3. The van der Waals surface area contributed by atoms with Crippen molar-refractivity contribution in [1.29, 1.82) is 0 Å². The maximum Gasteiger partial charge on any atom is 0.321 e. The Kier molecular flexibility index (Phi) is 13.3. The third-order valence-corrected chi connectivity index (χ3v) is 6.96. The summed E-state index contributed by atoms with van der Waals surface area (Å²) in [6.07, 6.45) is 12.0. The van der Waals surface area contributed by atoms with Gasteiger partial charge in [-0.15, -0.1) is 0 Å². The van der Waals surface area contributed by atoms with Crippen molar-refractivity contribution in [3.8, 4) is 11.5 Å². The summed E-state index contributed by atoms with van der Waals surface area (Å²) >= 11 is 0. The summed E-state index contributed by atoms with van der Waals surface area (Å²) in [6, 6.07) is 17.4. The van der Waals surface area contributed by atoms with Crippen LogP contribution in [0.15, 0.2) is 89.5 Å². The quantitative estimate of drug-likeness (QED) is 0.121. The highest BCUT2D eigenvalue weighted by atomic mass is 16.5. The van der Waals surface area contributed by atoms with Crippen molar-refractivity contribution in [2.45, 2.75) is 85.5 Å². The van der Waals surface area contributed by atoms with Crippen LogP contribution in [0.3, 0.4) is 0 Å². The van der Waals surface area contributed by atoms with Crippen LogP contribution in [-0.2, 0) is 16.0 Å². The minimum Gasteiger partial charge on any atom is -0.480 e. The van der Waals surface area contributed by atoms with Gasteiger partial charge in [-0.3, -0.25) is 9.59 Å². The highest BCUT2D eigenvalue weighted by Gasteiger charge is 2.45. The van der Waals surface area contributed by atoms with Gasteiger partial charge in [0, 0.05) is 0 Å². The number of carboxylic acids is 2. The molecule has 0 spiro atoms. The lowest BCUT2D eigenvalue weighted by molar-refractivity contribution is -0.165. The summed E-state index contributed by atoms with van der Waals surface area (Å²) in [5.41, 5.74) is 2.99. The number of allylic oxidation sites excluding steroid dienone is 6. The van der Waals surface area contributed by atoms with Gasteiger partial charge in [-0.2, -0.15) is 0 Å². The largest absolute Gasteiger partial charge is 0.480 e. The number of ether oxygens (including phenoxy) is 1. The average molecular weight is 533 g/mol. The number of hydrogen-bond donors (Lipinski definition) is 2. The smallest absolute Gasteiger partial charge is 0.321 e. The number of para-hydroxylation sites is 1. The molecule has 0 unspecified atom stereocenters. The lowest BCUT2D eigenvalue weighted by Gasteiger charge is -2.24. The summed E-state index contributed by atoms with van der Waals surface area (Å²) in [5.74, 6) is -1.01. The molecule has 0 atom stereocenters. The number of unbranched alkanes of at least 4 members (excludes halogenated alkanes) is 1. The van der Waals surface area contributed by atoms with Gasteiger partial charge in [0.2, 0.25) is 0 Å². The van der Waals surface area contributed by atoms with Crippen LogP contribution in [0.4, 0.5) is 0 Å². The van der Waals surface area contributed by atoms with E-state index in [9.17, 15) is 19.8 Å². The summed E-state index contributed by atoms with van der Waals surface area (Å²) < 4.78 is 5.82. The minimum atomic E-state index is -1.80. The van der Waals surface area contributed by atoms with Crippen molar-refractivity contribution in [2.24, 2.45) is 5.41 Å². The maximum absolute atomic E-state index is 12.1. The summed E-state index contributed by atoms with van der Waals surface area (Å²) in [5, 5.41) is 19.8. The second-order valence-corrected chi connectivity index (χ2v) is 10.6. The molecular formula is C34H44O5. The van der Waals surface area contributed by atoms with E-state index in [1.165, 1.54) is 11.1 Å². The van der Waals surface area contributed by atoms with Gasteiger partial charge in [-0.05, 0) is 109 Å². The van der Waals surface area contributed by atoms with E-state index in [1.54, 1.807) is 6.08 Å². The molecule has 2 aromatic carbocycles. The van der Waals surface area contributed by atoms with Crippen LogP contribution < -0.4 is 4.74 Å². The molecule has 0 aliphatic rings. The Balaban J connectivity index is 1.87. The van der Waals surface area contributed by atoms with Gasteiger partial charge >= 0.3 is 11.9 Å². The Hall–Kier alpha value is -3.60. The fourth-order valence-corrected chi connectivity index (χ4v) is 4.37. The summed E-state index contributed by atoms with van der Waals surface area (Å²) in [6.45, 7) is 8.28. The van der Waals surface area contributed by atoms with E-state index in [0.717, 1.165) is 54.7 Å². The number of benzene rings is 2. The molecule has 5 heteroatoms. The molecular weight excluding hydrogens is 488 g/mol. The normalized spacial score (nSPS) is 12.2. The van der Waals surface area contributed by atoms with E-state index in [4.69, 9.17) is 4.74 Å². The van der Waals surface area contributed by atoms with Gasteiger partial charge < -0.3 is 14.9 Å². The molecule has 0 heterocycles. The first-order valence-electron chi connectivity index (χ1n) is 13.9. The van der Waals surface area contributed by atoms with Gasteiger partial charge in [0.1, 0.15) is 11.5 Å². The van der Waals surface area contributed by atoms with Crippen molar-refractivity contribution >= 4 is 11.9 Å². The van der Waals surface area contributed by atoms with Crippen LogP contribution in [0.5, 0.6) is 11.5 Å². The van der Waals surface area contributed by atoms with Gasteiger partial charge in [-0.1, -0.05) is 71.7 Å². The second kappa shape index (κ2) is 16.4. The second-order valence-electron chi connectivity index (χ2n) is 10.6. The van der Waals surface area contributed by atoms with E-state index < -0.39 is 17.4 Å². The first kappa shape index (κ1) is 31.6. The fourth-order valence-electron chi connectivity index (χ4n) is 4.37. The topological polar surface area (TPSA) is 83.8 Å². The molecule has 0 aromatic heterocycles. The molecule has 0 aliphatic heterocycles. The van der Waals surface area contributed by atoms with Crippen LogP contribution in [0.25, 0.3) is 0 Å². The predicted octanol–water partition coefficient (Wildman–Crippen LogP) is 9.16. The number of aryl methyl sites for hydroxylation is 1. The van der Waals surface area contributed by atoms with Gasteiger partial charge in [-0.25, -0.2) is 0 Å². The van der Waals surface area contributed by atoms with E-state index in [0.29, 0.717) is 12.8 Å². The lowest BCUT2D eigenvalue weighted by Crippen LogP contribution is -2.39. The third-order valence-electron chi connectivity index (χ3n) is 6.96. The Labute approximate surface area is 233 Å². The maximum atomic E-state index is 12.1. The van der Waals surface area contributed by atoms with E-state index in [-0.39, 0.29) is 12.8 Å². The monoisotopic (exact) mass is 532 g/mol. The lowest BCUT2D eigenvalue weighted by atomic mass is 9.78. The first-order chi connectivity index (χ1) is 18.6. The zero-order chi connectivity index (χ0) is 28.7. The average Bonchev–Trinajstić information content (AvgIpc) is 2.89. The zero-order valence-corrected chi connectivity index (χ0v) is 23.9. The van der Waals surface area contributed by atoms with Crippen molar-refractivity contribution in [3.05, 3.63) is 95.1 Å². The molecule has 5 nitrogen and oxygen atoms in total. The van der Waals surface area contributed by atoms with Crippen molar-refractivity contribution in [2.75, 3.05) is 0 Å². The van der Waals surface area contributed by atoms with Gasteiger partial charge in [0.25, 0.3) is 0 Å². The van der Waals surface area contributed by atoms with Crippen LogP contribution in [0.1, 0.15) is 84.6 Å². The highest BCUT2D eigenvalue weighted by Crippen LogP contribution is 2.32. The van der Waals surface area contributed by atoms with Crippen LogP contribution >= 0.6 is 0 Å². The molecule has 0 saturated heterocycles. The molecule has 39 heavy (non-hydrogen) atoms. The van der Waals surface area contributed by atoms with E-state index >= 15 is 0 Å². The van der Waals surface area contributed by atoms with Gasteiger partial charge in [0.15, 0.2) is 5.41 Å². The number of carboxylic acid groups (broad SMARTS) is 2. The third kappa shape index (κ3) is 11.4. The summed E-state index contributed by atoms with van der Waals surface area (Å²) in [7, 11) is 0. The number of carbonyl (C=O) groups is 2. The molecule has 0 saturated carbocycles. The molecule has 0 fully saturated rings. The highest BCUT2D eigenvalue weighted by molar-refractivity contribution is 5.98. The Morgan fingerprint density at radius 3 is 1.90 bits per heavy atom. The Bertz CT molecular complexity index is 1120. The minimum absolute atomic E-state index is 0.00170. The van der Waals surface area contributed by atoms with Gasteiger partial charge in [0.05, 0.1) is 0 Å². The number of aliphatic carboxylic acids is 2. The standard InChI is InChI=1S/C34H44O5/c1-26(2)12-10-13-27(3)14-11-15-28(4)23-25-34(32(35)36,33(37)38)24-9-8-16-29-19-21-31(22-20-29)39-30-17-6-5-7-18-30/h5-7,12,14,17-23H,8-11,13,15-16,24-25H2,1-4H3,(H,35,36)(H,37,38). The molecule has 0 bridgehead atoms. The molecule has 0 aliphatic carbocycles. The molecule has 210 valence electrons. The van der Waals surface area contributed by atoms with E-state index in [1.807, 2.05) is 61.5 Å². The zero-order valence-electron chi connectivity index (χ0n) is 23.9. The Morgan fingerprint density at radius 1 is 0.744 bits per heavy atom. The SMILES string of the molecule is CC(C)=CCCC(C)=CCCC(C)=CCC(CCCCc1ccc(Oc2ccccc2)cc1)(C(=O)O)C(=O)O. The molecule has 2 N–H and O–H groups in total. The van der Waals surface area contributed by atoms with Crippen LogP contribution in [0.2, 0.25) is 0 Å². The van der Waals surface area contributed by atoms with Crippen LogP contribution in [0, 0.1) is 5.41 Å². The molecule has 0 radical (unpaired) electrons.